The first-order chi connectivity index (χ1) is 11.7. The Kier molecular flexibility index (Phi) is 5.76. The summed E-state index contributed by atoms with van der Waals surface area (Å²) in [4.78, 5) is 10.2. The highest BCUT2D eigenvalue weighted by molar-refractivity contribution is 7.89. The van der Waals surface area contributed by atoms with Crippen LogP contribution in [0.1, 0.15) is 31.0 Å². The highest BCUT2D eigenvalue weighted by Crippen LogP contribution is 2.24. The molecule has 0 aliphatic heterocycles. The van der Waals surface area contributed by atoms with Gasteiger partial charge in [0.15, 0.2) is 0 Å². The second-order valence-corrected chi connectivity index (χ2v) is 7.23. The topological polar surface area (TPSA) is 98.5 Å². The number of nitro groups is 1. The largest absolute Gasteiger partial charge is 0.494 e. The molecular weight excluding hydrogens is 344 g/mol. The minimum absolute atomic E-state index is 0.0977. The summed E-state index contributed by atoms with van der Waals surface area (Å²) in [5.74, 6) is 0.704. The van der Waals surface area contributed by atoms with E-state index in [1.54, 1.807) is 38.1 Å². The Balaban J connectivity index is 2.25. The number of aryl methyl sites for hydroxylation is 1. The summed E-state index contributed by atoms with van der Waals surface area (Å²) in [6.45, 7) is 5.74. The van der Waals surface area contributed by atoms with Gasteiger partial charge in [0.2, 0.25) is 10.0 Å². The highest BCUT2D eigenvalue weighted by atomic mass is 32.2. The molecule has 0 aliphatic rings. The summed E-state index contributed by atoms with van der Waals surface area (Å²) in [5.41, 5.74) is 0.937. The molecule has 0 aromatic heterocycles. The number of nitrogens with zero attached hydrogens (tertiary/aromatic N) is 1. The van der Waals surface area contributed by atoms with Crippen LogP contribution in [0.5, 0.6) is 5.75 Å². The van der Waals surface area contributed by atoms with Gasteiger partial charge in [0.25, 0.3) is 5.69 Å². The molecule has 2 rings (SSSR count). The van der Waals surface area contributed by atoms with E-state index in [0.29, 0.717) is 17.9 Å². The fraction of sp³-hybridized carbons (Fsp3) is 0.294. The van der Waals surface area contributed by atoms with Crippen molar-refractivity contribution < 1.29 is 18.1 Å². The van der Waals surface area contributed by atoms with E-state index in [0.717, 1.165) is 11.6 Å². The summed E-state index contributed by atoms with van der Waals surface area (Å²) >= 11 is 0. The quantitative estimate of drug-likeness (QED) is 0.600. The monoisotopic (exact) mass is 364 g/mol. The molecule has 7 nitrogen and oxygen atoms in total. The van der Waals surface area contributed by atoms with Gasteiger partial charge in [0.05, 0.1) is 16.4 Å². The van der Waals surface area contributed by atoms with E-state index >= 15 is 0 Å². The fourth-order valence-corrected chi connectivity index (χ4v) is 3.87. The van der Waals surface area contributed by atoms with Crippen molar-refractivity contribution in [2.45, 2.75) is 31.7 Å². The first-order valence-corrected chi connectivity index (χ1v) is 9.23. The standard InChI is InChI=1S/C17H20N2O5S/c1-4-24-16-9-6-14(7-10-16)13(3)18-25(22,23)17-11-15(19(20)21)8-5-12(17)2/h5-11,13,18H,4H2,1-3H3/t13-/m0/s1. The maximum Gasteiger partial charge on any atom is 0.270 e. The molecule has 0 amide bonds. The molecule has 0 heterocycles. The summed E-state index contributed by atoms with van der Waals surface area (Å²) in [6, 6.07) is 10.4. The van der Waals surface area contributed by atoms with Gasteiger partial charge in [-0.15, -0.1) is 0 Å². The zero-order valence-electron chi connectivity index (χ0n) is 14.2. The van der Waals surface area contributed by atoms with Gasteiger partial charge in [0, 0.05) is 18.2 Å². The maximum absolute atomic E-state index is 12.6. The number of rotatable bonds is 7. The first-order valence-electron chi connectivity index (χ1n) is 7.74. The Morgan fingerprint density at radius 3 is 2.40 bits per heavy atom. The molecule has 2 aromatic carbocycles. The number of ether oxygens (including phenoxy) is 1. The lowest BCUT2D eigenvalue weighted by molar-refractivity contribution is -0.385. The normalized spacial score (nSPS) is 12.6. The van der Waals surface area contributed by atoms with Crippen molar-refractivity contribution in [2.75, 3.05) is 6.61 Å². The highest BCUT2D eigenvalue weighted by Gasteiger charge is 2.23. The van der Waals surface area contributed by atoms with Gasteiger partial charge in [-0.25, -0.2) is 13.1 Å². The molecule has 0 saturated carbocycles. The molecule has 0 fully saturated rings. The van der Waals surface area contributed by atoms with E-state index in [2.05, 4.69) is 4.72 Å². The predicted molar refractivity (Wildman–Crippen MR) is 94.2 cm³/mol. The summed E-state index contributed by atoms with van der Waals surface area (Å²) in [6.07, 6.45) is 0. The van der Waals surface area contributed by atoms with Crippen molar-refractivity contribution in [3.05, 3.63) is 63.7 Å². The summed E-state index contributed by atoms with van der Waals surface area (Å²) in [5, 5.41) is 10.9. The molecule has 0 spiro atoms. The lowest BCUT2D eigenvalue weighted by Crippen LogP contribution is -2.27. The smallest absolute Gasteiger partial charge is 0.270 e. The van der Waals surface area contributed by atoms with E-state index in [1.807, 2.05) is 6.92 Å². The molecule has 1 N–H and O–H groups in total. The van der Waals surface area contributed by atoms with Crippen molar-refractivity contribution in [3.8, 4) is 5.75 Å². The third-order valence-corrected chi connectivity index (χ3v) is 5.38. The molecule has 0 aliphatic carbocycles. The minimum atomic E-state index is -3.90. The lowest BCUT2D eigenvalue weighted by atomic mass is 10.1. The molecule has 0 unspecified atom stereocenters. The number of non-ortho nitro benzene ring substituents is 1. The summed E-state index contributed by atoms with van der Waals surface area (Å²) < 4.78 is 33.2. The molecule has 0 radical (unpaired) electrons. The molecule has 0 saturated heterocycles. The van der Waals surface area contributed by atoms with Gasteiger partial charge in [-0.05, 0) is 44.0 Å². The van der Waals surface area contributed by atoms with Crippen LogP contribution in [-0.2, 0) is 10.0 Å². The number of sulfonamides is 1. The van der Waals surface area contributed by atoms with Gasteiger partial charge < -0.3 is 4.74 Å². The number of nitrogens with one attached hydrogen (secondary N) is 1. The van der Waals surface area contributed by atoms with Crippen molar-refractivity contribution in [3.63, 3.8) is 0 Å². The van der Waals surface area contributed by atoms with Crippen molar-refractivity contribution in [1.82, 2.24) is 4.72 Å². The molecule has 1 atom stereocenters. The summed E-state index contributed by atoms with van der Waals surface area (Å²) in [7, 11) is -3.90. The second kappa shape index (κ2) is 7.62. The molecule has 134 valence electrons. The average molecular weight is 364 g/mol. The second-order valence-electron chi connectivity index (χ2n) is 5.55. The zero-order chi connectivity index (χ0) is 18.6. The first kappa shape index (κ1) is 18.9. The van der Waals surface area contributed by atoms with Gasteiger partial charge in [-0.2, -0.15) is 0 Å². The molecule has 0 bridgehead atoms. The molecule has 8 heteroatoms. The Morgan fingerprint density at radius 2 is 1.84 bits per heavy atom. The van der Waals surface area contributed by atoms with Crippen LogP contribution in [0.4, 0.5) is 5.69 Å². The average Bonchev–Trinajstić information content (AvgIpc) is 2.55. The molecular formula is C17H20N2O5S. The maximum atomic E-state index is 12.6. The van der Waals surface area contributed by atoms with Crippen molar-refractivity contribution in [1.29, 1.82) is 0 Å². The third-order valence-electron chi connectivity index (χ3n) is 3.70. The van der Waals surface area contributed by atoms with Gasteiger partial charge >= 0.3 is 0 Å². The van der Waals surface area contributed by atoms with E-state index in [4.69, 9.17) is 4.74 Å². The van der Waals surface area contributed by atoms with Gasteiger partial charge in [-0.3, -0.25) is 10.1 Å². The predicted octanol–water partition coefficient (Wildman–Crippen LogP) is 3.34. The Hall–Kier alpha value is -2.45. The number of hydrogen-bond acceptors (Lipinski definition) is 5. The minimum Gasteiger partial charge on any atom is -0.494 e. The SMILES string of the molecule is CCOc1ccc([C@H](C)NS(=O)(=O)c2cc([N+](=O)[O-])ccc2C)cc1. The van der Waals surface area contributed by atoms with Crippen molar-refractivity contribution >= 4 is 15.7 Å². The van der Waals surface area contributed by atoms with Crippen LogP contribution in [0.25, 0.3) is 0 Å². The van der Waals surface area contributed by atoms with Crippen LogP contribution in [0.15, 0.2) is 47.4 Å². The molecule has 25 heavy (non-hydrogen) atoms. The van der Waals surface area contributed by atoms with Crippen LogP contribution < -0.4 is 9.46 Å². The van der Waals surface area contributed by atoms with Crippen LogP contribution in [0.2, 0.25) is 0 Å². The van der Waals surface area contributed by atoms with Crippen LogP contribution in [-0.4, -0.2) is 19.9 Å². The fourth-order valence-electron chi connectivity index (χ4n) is 2.38. The Bertz CT molecular complexity index is 863. The van der Waals surface area contributed by atoms with Crippen LogP contribution >= 0.6 is 0 Å². The molecule has 2 aromatic rings. The Labute approximate surface area is 146 Å². The van der Waals surface area contributed by atoms with Crippen molar-refractivity contribution in [2.24, 2.45) is 0 Å². The van der Waals surface area contributed by atoms with E-state index in [1.165, 1.54) is 12.1 Å². The van der Waals surface area contributed by atoms with Gasteiger partial charge in [-0.1, -0.05) is 18.2 Å². The van der Waals surface area contributed by atoms with Gasteiger partial charge in [0.1, 0.15) is 5.75 Å². The van der Waals surface area contributed by atoms with E-state index in [9.17, 15) is 18.5 Å². The zero-order valence-corrected chi connectivity index (χ0v) is 15.0. The van der Waals surface area contributed by atoms with E-state index < -0.39 is 21.0 Å². The number of nitro benzene ring substituents is 1. The number of benzene rings is 2. The Morgan fingerprint density at radius 1 is 1.20 bits per heavy atom. The van der Waals surface area contributed by atoms with Crippen LogP contribution in [0.3, 0.4) is 0 Å². The number of hydrogen-bond donors (Lipinski definition) is 1. The lowest BCUT2D eigenvalue weighted by Gasteiger charge is -2.16. The van der Waals surface area contributed by atoms with E-state index in [-0.39, 0.29) is 10.6 Å². The third kappa shape index (κ3) is 4.55. The van der Waals surface area contributed by atoms with Crippen LogP contribution in [0, 0.1) is 17.0 Å².